The van der Waals surface area contributed by atoms with Gasteiger partial charge < -0.3 is 14.2 Å². The lowest BCUT2D eigenvalue weighted by Gasteiger charge is -2.18. The second kappa shape index (κ2) is 38.1. The Morgan fingerprint density at radius 1 is 0.373 bits per heavy atom. The highest BCUT2D eigenvalue weighted by Crippen LogP contribution is 2.16. The summed E-state index contributed by atoms with van der Waals surface area (Å²) >= 11 is 0. The number of esters is 3. The molecule has 0 unspecified atom stereocenters. The van der Waals surface area contributed by atoms with Gasteiger partial charge >= 0.3 is 17.9 Å². The van der Waals surface area contributed by atoms with Gasteiger partial charge in [0.2, 0.25) is 0 Å². The largest absolute Gasteiger partial charge is 0.462 e. The van der Waals surface area contributed by atoms with Crippen molar-refractivity contribution in [2.24, 2.45) is 11.8 Å². The number of hydrogen-bond acceptors (Lipinski definition) is 6. The van der Waals surface area contributed by atoms with E-state index in [4.69, 9.17) is 14.2 Å². The molecule has 0 aliphatic rings. The Kier molecular flexibility index (Phi) is 37.0. The maximum absolute atomic E-state index is 12.6. The van der Waals surface area contributed by atoms with E-state index in [1.54, 1.807) is 0 Å². The molecule has 0 bridgehead atoms. The minimum Gasteiger partial charge on any atom is -0.462 e. The van der Waals surface area contributed by atoms with Gasteiger partial charge in [0.05, 0.1) is 0 Å². The van der Waals surface area contributed by atoms with Crippen molar-refractivity contribution in [3.05, 3.63) is 0 Å². The molecule has 6 nitrogen and oxygen atoms in total. The fourth-order valence-electron chi connectivity index (χ4n) is 6.58. The molecule has 0 radical (unpaired) electrons. The highest BCUT2D eigenvalue weighted by molar-refractivity contribution is 5.71. The van der Waals surface area contributed by atoms with Crippen molar-refractivity contribution < 1.29 is 28.6 Å². The molecule has 6 heteroatoms. The number of hydrogen-bond donors (Lipinski definition) is 0. The van der Waals surface area contributed by atoms with Crippen molar-refractivity contribution >= 4 is 17.9 Å². The van der Waals surface area contributed by atoms with Crippen LogP contribution in [0.2, 0.25) is 0 Å². The Morgan fingerprint density at radius 2 is 0.647 bits per heavy atom. The van der Waals surface area contributed by atoms with E-state index in [9.17, 15) is 14.4 Å². The smallest absolute Gasteiger partial charge is 0.306 e. The number of unbranched alkanes of at least 4 members (excludes halogenated alkanes) is 24. The van der Waals surface area contributed by atoms with Crippen molar-refractivity contribution in [1.29, 1.82) is 0 Å². The van der Waals surface area contributed by atoms with Crippen LogP contribution >= 0.6 is 0 Å². The Balaban J connectivity index is 4.23. The first-order chi connectivity index (χ1) is 24.7. The fourth-order valence-corrected chi connectivity index (χ4v) is 6.58. The first-order valence-corrected chi connectivity index (χ1v) is 22.2. The summed E-state index contributed by atoms with van der Waals surface area (Å²) in [6.45, 7) is 11.3. The standard InChI is InChI=1S/C45H86O6/c1-6-7-8-9-18-25-30-35-43(46)49-38-42(51-45(48)37-32-27-22-17-20-24-29-34-41(4)5)39-50-44(47)36-31-26-21-16-14-12-10-11-13-15-19-23-28-33-40(2)3/h40-42H,6-39H2,1-5H3/t42-/m1/s1. The van der Waals surface area contributed by atoms with E-state index in [2.05, 4.69) is 34.6 Å². The zero-order chi connectivity index (χ0) is 37.6. The quantitative estimate of drug-likeness (QED) is 0.0357. The van der Waals surface area contributed by atoms with Crippen LogP contribution in [-0.4, -0.2) is 37.2 Å². The number of ether oxygens (including phenoxy) is 3. The summed E-state index contributed by atoms with van der Waals surface area (Å²) in [5.74, 6) is 0.750. The van der Waals surface area contributed by atoms with Crippen molar-refractivity contribution in [2.75, 3.05) is 13.2 Å². The molecular formula is C45H86O6. The molecule has 0 rings (SSSR count). The van der Waals surface area contributed by atoms with Gasteiger partial charge in [0.1, 0.15) is 13.2 Å². The molecule has 0 saturated carbocycles. The predicted octanol–water partition coefficient (Wildman–Crippen LogP) is 13.8. The Morgan fingerprint density at radius 3 is 0.961 bits per heavy atom. The molecule has 0 fully saturated rings. The van der Waals surface area contributed by atoms with Gasteiger partial charge in [-0.25, -0.2) is 0 Å². The fraction of sp³-hybridized carbons (Fsp3) is 0.933. The monoisotopic (exact) mass is 723 g/mol. The molecule has 0 aromatic heterocycles. The van der Waals surface area contributed by atoms with Gasteiger partial charge in [-0.3, -0.25) is 14.4 Å². The summed E-state index contributed by atoms with van der Waals surface area (Å²) in [4.78, 5) is 37.5. The SMILES string of the molecule is CCCCCCCCCC(=O)OC[C@H](COC(=O)CCCCCCCCCCCCCCCC(C)C)OC(=O)CCCCCCCCCC(C)C. The molecular weight excluding hydrogens is 636 g/mol. The summed E-state index contributed by atoms with van der Waals surface area (Å²) in [6.07, 6.45) is 35.4. The van der Waals surface area contributed by atoms with Crippen LogP contribution in [0.15, 0.2) is 0 Å². The molecule has 0 heterocycles. The third kappa shape index (κ3) is 39.5. The van der Waals surface area contributed by atoms with E-state index in [0.29, 0.717) is 19.3 Å². The summed E-state index contributed by atoms with van der Waals surface area (Å²) in [7, 11) is 0. The number of carbonyl (C=O) groups is 3. The maximum Gasteiger partial charge on any atom is 0.306 e. The van der Waals surface area contributed by atoms with Crippen molar-refractivity contribution in [3.63, 3.8) is 0 Å². The van der Waals surface area contributed by atoms with Crippen molar-refractivity contribution in [3.8, 4) is 0 Å². The minimum absolute atomic E-state index is 0.0659. The molecule has 0 spiro atoms. The van der Waals surface area contributed by atoms with E-state index >= 15 is 0 Å². The average Bonchev–Trinajstić information content (AvgIpc) is 3.09. The molecule has 0 amide bonds. The maximum atomic E-state index is 12.6. The average molecular weight is 723 g/mol. The lowest BCUT2D eigenvalue weighted by Crippen LogP contribution is -2.30. The van der Waals surface area contributed by atoms with E-state index in [-0.39, 0.29) is 31.1 Å². The predicted molar refractivity (Wildman–Crippen MR) is 215 cm³/mol. The first-order valence-electron chi connectivity index (χ1n) is 22.2. The first kappa shape index (κ1) is 49.4. The van der Waals surface area contributed by atoms with Gasteiger partial charge in [0.25, 0.3) is 0 Å². The highest BCUT2D eigenvalue weighted by atomic mass is 16.6. The molecule has 0 aromatic rings. The van der Waals surface area contributed by atoms with Crippen LogP contribution in [0.25, 0.3) is 0 Å². The van der Waals surface area contributed by atoms with E-state index in [1.165, 1.54) is 128 Å². The third-order valence-electron chi connectivity index (χ3n) is 9.97. The van der Waals surface area contributed by atoms with Gasteiger partial charge in [-0.05, 0) is 31.1 Å². The van der Waals surface area contributed by atoms with Crippen LogP contribution in [0.4, 0.5) is 0 Å². The van der Waals surface area contributed by atoms with E-state index in [0.717, 1.165) is 69.6 Å². The molecule has 0 N–H and O–H groups in total. The van der Waals surface area contributed by atoms with Crippen LogP contribution in [-0.2, 0) is 28.6 Å². The van der Waals surface area contributed by atoms with E-state index in [1.807, 2.05) is 0 Å². The lowest BCUT2D eigenvalue weighted by molar-refractivity contribution is -0.167. The molecule has 302 valence electrons. The van der Waals surface area contributed by atoms with Gasteiger partial charge in [-0.2, -0.15) is 0 Å². The zero-order valence-corrected chi connectivity index (χ0v) is 34.7. The van der Waals surface area contributed by atoms with Gasteiger partial charge in [0, 0.05) is 19.3 Å². The minimum atomic E-state index is -0.759. The molecule has 0 aromatic carbocycles. The van der Waals surface area contributed by atoms with Gasteiger partial charge in [-0.15, -0.1) is 0 Å². The van der Waals surface area contributed by atoms with Gasteiger partial charge in [-0.1, -0.05) is 202 Å². The van der Waals surface area contributed by atoms with E-state index < -0.39 is 6.10 Å². The molecule has 0 saturated heterocycles. The molecule has 1 atom stereocenters. The topological polar surface area (TPSA) is 78.9 Å². The molecule has 0 aliphatic carbocycles. The lowest BCUT2D eigenvalue weighted by atomic mass is 10.0. The Bertz CT molecular complexity index is 779. The number of rotatable bonds is 39. The second-order valence-corrected chi connectivity index (χ2v) is 16.3. The Hall–Kier alpha value is -1.59. The van der Waals surface area contributed by atoms with Crippen molar-refractivity contribution in [2.45, 2.75) is 246 Å². The Labute approximate surface area is 317 Å². The summed E-state index contributed by atoms with van der Waals surface area (Å²) in [5, 5.41) is 0. The van der Waals surface area contributed by atoms with Crippen LogP contribution < -0.4 is 0 Å². The van der Waals surface area contributed by atoms with Gasteiger partial charge in [0.15, 0.2) is 6.10 Å². The highest BCUT2D eigenvalue weighted by Gasteiger charge is 2.19. The molecule has 0 aliphatic heterocycles. The summed E-state index contributed by atoms with van der Waals surface area (Å²) in [6, 6.07) is 0. The third-order valence-corrected chi connectivity index (χ3v) is 9.97. The normalized spacial score (nSPS) is 12.1. The molecule has 51 heavy (non-hydrogen) atoms. The number of carbonyl (C=O) groups excluding carboxylic acids is 3. The zero-order valence-electron chi connectivity index (χ0n) is 34.7. The second-order valence-electron chi connectivity index (χ2n) is 16.3. The van der Waals surface area contributed by atoms with Crippen LogP contribution in [0.1, 0.15) is 240 Å². The van der Waals surface area contributed by atoms with Crippen LogP contribution in [0, 0.1) is 11.8 Å². The van der Waals surface area contributed by atoms with Crippen LogP contribution in [0.3, 0.4) is 0 Å². The summed E-state index contributed by atoms with van der Waals surface area (Å²) in [5.41, 5.74) is 0. The van der Waals surface area contributed by atoms with Crippen molar-refractivity contribution in [1.82, 2.24) is 0 Å². The van der Waals surface area contributed by atoms with Crippen LogP contribution in [0.5, 0.6) is 0 Å². The summed E-state index contributed by atoms with van der Waals surface area (Å²) < 4.78 is 16.6.